The van der Waals surface area contributed by atoms with Crippen molar-refractivity contribution in [2.45, 2.75) is 19.8 Å². The topological polar surface area (TPSA) is 21.3 Å². The molecular formula is C15H13ClF3NO. The van der Waals surface area contributed by atoms with Crippen LogP contribution in [0.25, 0.3) is 0 Å². The molecule has 112 valence electrons. The van der Waals surface area contributed by atoms with Crippen LogP contribution in [-0.4, -0.2) is 6.36 Å². The second kappa shape index (κ2) is 6.26. The van der Waals surface area contributed by atoms with Crippen LogP contribution < -0.4 is 10.1 Å². The van der Waals surface area contributed by atoms with Gasteiger partial charge in [-0.25, -0.2) is 0 Å². The number of halogens is 4. The number of ether oxygens (including phenoxy) is 1. The van der Waals surface area contributed by atoms with E-state index in [2.05, 4.69) is 10.1 Å². The van der Waals surface area contributed by atoms with Crippen molar-refractivity contribution in [1.82, 2.24) is 0 Å². The van der Waals surface area contributed by atoms with Gasteiger partial charge in [-0.1, -0.05) is 35.9 Å². The van der Waals surface area contributed by atoms with Crippen LogP contribution in [0.15, 0.2) is 42.5 Å². The number of nitrogens with one attached hydrogen (secondary N) is 1. The molecule has 0 aromatic heterocycles. The lowest BCUT2D eigenvalue weighted by molar-refractivity contribution is -0.274. The molecule has 0 saturated carbocycles. The van der Waals surface area contributed by atoms with Crippen LogP contribution in [0.4, 0.5) is 18.9 Å². The molecule has 0 aliphatic heterocycles. The molecule has 0 radical (unpaired) electrons. The summed E-state index contributed by atoms with van der Waals surface area (Å²) in [4.78, 5) is 0. The molecule has 0 spiro atoms. The summed E-state index contributed by atoms with van der Waals surface area (Å²) >= 11 is 6.09. The average molecular weight is 316 g/mol. The van der Waals surface area contributed by atoms with Gasteiger partial charge in [0.25, 0.3) is 0 Å². The molecule has 0 aliphatic carbocycles. The Morgan fingerprint density at radius 2 is 1.76 bits per heavy atom. The number of para-hydroxylation sites is 1. The van der Waals surface area contributed by atoms with Gasteiger partial charge < -0.3 is 10.1 Å². The van der Waals surface area contributed by atoms with Crippen LogP contribution in [0.2, 0.25) is 5.02 Å². The lowest BCUT2D eigenvalue weighted by atomic mass is 10.1. The fraction of sp³-hybridized carbons (Fsp3) is 0.200. The zero-order valence-corrected chi connectivity index (χ0v) is 11.9. The van der Waals surface area contributed by atoms with Crippen LogP contribution in [0.1, 0.15) is 11.1 Å². The van der Waals surface area contributed by atoms with E-state index < -0.39 is 6.36 Å². The maximum atomic E-state index is 12.1. The van der Waals surface area contributed by atoms with Gasteiger partial charge in [0.2, 0.25) is 0 Å². The highest BCUT2D eigenvalue weighted by molar-refractivity contribution is 6.33. The Kier molecular flexibility index (Phi) is 4.63. The maximum absolute atomic E-state index is 12.1. The summed E-state index contributed by atoms with van der Waals surface area (Å²) in [7, 11) is 0. The van der Waals surface area contributed by atoms with Gasteiger partial charge in [0.15, 0.2) is 0 Å². The van der Waals surface area contributed by atoms with Crippen molar-refractivity contribution < 1.29 is 17.9 Å². The van der Waals surface area contributed by atoms with Gasteiger partial charge in [-0.3, -0.25) is 0 Å². The fourth-order valence-electron chi connectivity index (χ4n) is 1.86. The van der Waals surface area contributed by atoms with Gasteiger partial charge in [-0.15, -0.1) is 13.2 Å². The Hall–Kier alpha value is -1.88. The molecule has 0 saturated heterocycles. The summed E-state index contributed by atoms with van der Waals surface area (Å²) in [6.07, 6.45) is -4.67. The van der Waals surface area contributed by atoms with Crippen molar-refractivity contribution in [2.24, 2.45) is 0 Å². The van der Waals surface area contributed by atoms with E-state index in [-0.39, 0.29) is 5.75 Å². The average Bonchev–Trinajstić information content (AvgIpc) is 2.38. The molecule has 2 aromatic rings. The molecule has 0 fully saturated rings. The summed E-state index contributed by atoms with van der Waals surface area (Å²) in [5.74, 6) is -0.236. The zero-order chi connectivity index (χ0) is 15.5. The van der Waals surface area contributed by atoms with Crippen molar-refractivity contribution in [3.8, 4) is 5.75 Å². The summed E-state index contributed by atoms with van der Waals surface area (Å²) < 4.78 is 40.0. The summed E-state index contributed by atoms with van der Waals surface area (Å²) in [5.41, 5.74) is 2.64. The van der Waals surface area contributed by atoms with Crippen molar-refractivity contribution in [3.05, 3.63) is 58.6 Å². The maximum Gasteiger partial charge on any atom is 0.573 e. The molecule has 0 amide bonds. The normalized spacial score (nSPS) is 11.3. The number of hydrogen-bond acceptors (Lipinski definition) is 2. The second-order valence-electron chi connectivity index (χ2n) is 4.48. The van der Waals surface area contributed by atoms with E-state index >= 15 is 0 Å². The smallest absolute Gasteiger partial charge is 0.406 e. The number of benzene rings is 2. The number of rotatable bonds is 4. The van der Waals surface area contributed by atoms with E-state index in [0.717, 1.165) is 16.8 Å². The minimum absolute atomic E-state index is 0.236. The Balaban J connectivity index is 2.01. The highest BCUT2D eigenvalue weighted by atomic mass is 35.5. The van der Waals surface area contributed by atoms with Crippen LogP contribution in [0.5, 0.6) is 5.75 Å². The quantitative estimate of drug-likeness (QED) is 0.841. The first-order chi connectivity index (χ1) is 9.85. The van der Waals surface area contributed by atoms with E-state index in [9.17, 15) is 13.2 Å². The number of anilines is 1. The molecule has 0 heterocycles. The van der Waals surface area contributed by atoms with Crippen LogP contribution in [0, 0.1) is 6.92 Å². The van der Waals surface area contributed by atoms with E-state index in [1.54, 1.807) is 18.2 Å². The van der Waals surface area contributed by atoms with Crippen molar-refractivity contribution in [2.75, 3.05) is 5.32 Å². The molecule has 0 bridgehead atoms. The molecule has 0 atom stereocenters. The fourth-order valence-corrected chi connectivity index (χ4v) is 2.14. The molecular weight excluding hydrogens is 303 g/mol. The zero-order valence-electron chi connectivity index (χ0n) is 11.2. The van der Waals surface area contributed by atoms with Gasteiger partial charge in [-0.2, -0.15) is 0 Å². The molecule has 0 aliphatic rings. The van der Waals surface area contributed by atoms with E-state index in [1.165, 1.54) is 12.1 Å². The van der Waals surface area contributed by atoms with Gasteiger partial charge in [0, 0.05) is 6.54 Å². The predicted molar refractivity (Wildman–Crippen MR) is 76.6 cm³/mol. The Bertz CT molecular complexity index is 591. The molecule has 6 heteroatoms. The minimum atomic E-state index is -4.67. The second-order valence-corrected chi connectivity index (χ2v) is 4.88. The molecule has 21 heavy (non-hydrogen) atoms. The Labute approximate surface area is 125 Å². The van der Waals surface area contributed by atoms with Gasteiger partial charge in [0.1, 0.15) is 5.75 Å². The number of alkyl halides is 3. The number of hydrogen-bond donors (Lipinski definition) is 1. The van der Waals surface area contributed by atoms with E-state index in [4.69, 9.17) is 11.6 Å². The minimum Gasteiger partial charge on any atom is -0.406 e. The molecule has 1 N–H and O–H groups in total. The van der Waals surface area contributed by atoms with Gasteiger partial charge in [-0.05, 0) is 36.2 Å². The Morgan fingerprint density at radius 3 is 2.33 bits per heavy atom. The summed E-state index contributed by atoms with van der Waals surface area (Å²) in [5, 5.41) is 3.77. The first-order valence-electron chi connectivity index (χ1n) is 6.19. The van der Waals surface area contributed by atoms with Crippen molar-refractivity contribution in [1.29, 1.82) is 0 Å². The predicted octanol–water partition coefficient (Wildman–Crippen LogP) is 5.16. The third-order valence-corrected chi connectivity index (χ3v) is 3.16. The third kappa shape index (κ3) is 4.56. The molecule has 2 rings (SSSR count). The molecule has 0 unspecified atom stereocenters. The lowest BCUT2D eigenvalue weighted by Gasteiger charge is -2.12. The third-order valence-electron chi connectivity index (χ3n) is 2.85. The summed E-state index contributed by atoms with van der Waals surface area (Å²) in [6, 6.07) is 11.3. The monoisotopic (exact) mass is 315 g/mol. The SMILES string of the molecule is Cc1cccc(Cl)c1NCc1ccc(OC(F)(F)F)cc1. The van der Waals surface area contributed by atoms with Crippen LogP contribution >= 0.6 is 11.6 Å². The summed E-state index contributed by atoms with van der Waals surface area (Å²) in [6.45, 7) is 2.38. The standard InChI is InChI=1S/C15H13ClF3NO/c1-10-3-2-4-13(16)14(10)20-9-11-5-7-12(8-6-11)21-15(17,18)19/h2-8,20H,9H2,1H3. The van der Waals surface area contributed by atoms with Gasteiger partial charge >= 0.3 is 6.36 Å². The van der Waals surface area contributed by atoms with Crippen molar-refractivity contribution in [3.63, 3.8) is 0 Å². The van der Waals surface area contributed by atoms with Gasteiger partial charge in [0.05, 0.1) is 10.7 Å². The van der Waals surface area contributed by atoms with Crippen LogP contribution in [-0.2, 0) is 6.54 Å². The largest absolute Gasteiger partial charge is 0.573 e. The number of aryl methyl sites for hydroxylation is 1. The first kappa shape index (κ1) is 15.5. The highest BCUT2D eigenvalue weighted by Gasteiger charge is 2.30. The lowest BCUT2D eigenvalue weighted by Crippen LogP contribution is -2.17. The molecule has 2 aromatic carbocycles. The first-order valence-corrected chi connectivity index (χ1v) is 6.56. The van der Waals surface area contributed by atoms with Crippen molar-refractivity contribution >= 4 is 17.3 Å². The van der Waals surface area contributed by atoms with E-state index in [1.807, 2.05) is 19.1 Å². The van der Waals surface area contributed by atoms with Crippen LogP contribution in [0.3, 0.4) is 0 Å². The highest BCUT2D eigenvalue weighted by Crippen LogP contribution is 2.26. The molecule has 2 nitrogen and oxygen atoms in total. The van der Waals surface area contributed by atoms with E-state index in [0.29, 0.717) is 11.6 Å². The Morgan fingerprint density at radius 1 is 1.10 bits per heavy atom.